The number of guanidine groups is 1. The quantitative estimate of drug-likeness (QED) is 0.326. The topological polar surface area (TPSA) is 72.5 Å². The van der Waals surface area contributed by atoms with E-state index in [4.69, 9.17) is 0 Å². The van der Waals surface area contributed by atoms with Crippen LogP contribution in [0.25, 0.3) is 10.9 Å². The number of aromatic amines is 1. The normalized spacial score (nSPS) is 15.9. The maximum atomic E-state index is 12.7. The Morgan fingerprint density at radius 2 is 1.93 bits per heavy atom. The number of benzene rings is 1. The van der Waals surface area contributed by atoms with Crippen LogP contribution >= 0.6 is 24.0 Å². The highest BCUT2D eigenvalue weighted by molar-refractivity contribution is 14.0. The van der Waals surface area contributed by atoms with Crippen molar-refractivity contribution >= 4 is 46.7 Å². The average Bonchev–Trinajstić information content (AvgIpc) is 3.32. The minimum absolute atomic E-state index is 0. The van der Waals surface area contributed by atoms with E-state index in [1.807, 2.05) is 20.2 Å². The third-order valence-electron chi connectivity index (χ3n) is 5.60. The number of carbonyl (C=O) groups is 1. The Bertz CT molecular complexity index is 808. The lowest BCUT2D eigenvalue weighted by Crippen LogP contribution is -2.49. The highest BCUT2D eigenvalue weighted by atomic mass is 127. The molecule has 1 amide bonds. The largest absolute Gasteiger partial charge is 0.361 e. The molecule has 0 atom stereocenters. The van der Waals surface area contributed by atoms with Gasteiger partial charge in [-0.2, -0.15) is 0 Å². The van der Waals surface area contributed by atoms with Crippen molar-refractivity contribution in [2.45, 2.75) is 32.1 Å². The molecule has 7 heteroatoms. The molecule has 1 aromatic carbocycles. The molecule has 1 aliphatic carbocycles. The molecule has 1 aromatic heterocycles. The second-order valence-corrected chi connectivity index (χ2v) is 7.65. The summed E-state index contributed by atoms with van der Waals surface area (Å²) in [5.74, 6) is 0.981. The van der Waals surface area contributed by atoms with Crippen LogP contribution in [0, 0.1) is 5.41 Å². The lowest BCUT2D eigenvalue weighted by Gasteiger charge is -2.31. The van der Waals surface area contributed by atoms with E-state index >= 15 is 0 Å². The van der Waals surface area contributed by atoms with Crippen LogP contribution in [0.2, 0.25) is 0 Å². The molecule has 154 valence electrons. The van der Waals surface area contributed by atoms with E-state index < -0.39 is 0 Å². The molecule has 1 heterocycles. The first kappa shape index (κ1) is 22.5. The van der Waals surface area contributed by atoms with Crippen molar-refractivity contribution in [2.24, 2.45) is 10.4 Å². The smallest absolute Gasteiger partial charge is 0.230 e. The minimum Gasteiger partial charge on any atom is -0.361 e. The van der Waals surface area contributed by atoms with Crippen LogP contribution in [-0.2, 0) is 11.2 Å². The van der Waals surface area contributed by atoms with E-state index in [-0.39, 0.29) is 35.3 Å². The summed E-state index contributed by atoms with van der Waals surface area (Å²) in [5.41, 5.74) is 2.17. The molecule has 3 rings (SSSR count). The fraction of sp³-hybridized carbons (Fsp3) is 0.524. The lowest BCUT2D eigenvalue weighted by molar-refractivity contribution is -0.138. The molecule has 28 heavy (non-hydrogen) atoms. The lowest BCUT2D eigenvalue weighted by atomic mass is 9.84. The molecule has 1 saturated carbocycles. The number of amides is 1. The predicted molar refractivity (Wildman–Crippen MR) is 126 cm³/mol. The molecule has 0 saturated heterocycles. The number of carbonyl (C=O) groups excluding carboxylic acids is 1. The van der Waals surface area contributed by atoms with Crippen LogP contribution in [0.3, 0.4) is 0 Å². The number of hydrogen-bond donors (Lipinski definition) is 3. The van der Waals surface area contributed by atoms with Gasteiger partial charge in [-0.05, 0) is 30.9 Å². The third-order valence-corrected chi connectivity index (χ3v) is 5.60. The summed E-state index contributed by atoms with van der Waals surface area (Å²) in [6.07, 6.45) is 7.12. The number of hydrogen-bond acceptors (Lipinski definition) is 2. The summed E-state index contributed by atoms with van der Waals surface area (Å²) >= 11 is 0. The number of aliphatic imine (C=N–C) groups is 1. The Balaban J connectivity index is 0.00000280. The minimum atomic E-state index is -0.294. The van der Waals surface area contributed by atoms with Crippen LogP contribution in [0.1, 0.15) is 31.2 Å². The van der Waals surface area contributed by atoms with Gasteiger partial charge in [-0.3, -0.25) is 9.79 Å². The predicted octanol–water partition coefficient (Wildman–Crippen LogP) is 3.14. The molecule has 1 aliphatic rings. The Hall–Kier alpha value is -1.77. The Morgan fingerprint density at radius 1 is 1.21 bits per heavy atom. The van der Waals surface area contributed by atoms with E-state index in [0.29, 0.717) is 6.54 Å². The van der Waals surface area contributed by atoms with Gasteiger partial charge in [0.25, 0.3) is 0 Å². The van der Waals surface area contributed by atoms with Crippen molar-refractivity contribution in [1.82, 2.24) is 20.5 Å². The Morgan fingerprint density at radius 3 is 2.61 bits per heavy atom. The average molecular weight is 497 g/mol. The number of nitrogens with zero attached hydrogens (tertiary/aromatic N) is 2. The van der Waals surface area contributed by atoms with E-state index in [9.17, 15) is 4.79 Å². The van der Waals surface area contributed by atoms with E-state index in [1.54, 1.807) is 11.9 Å². The number of fused-ring (bicyclic) bond motifs is 1. The standard InChI is InChI=1S/C21H31N5O.HI/c1-22-20(25-15-21(11-6-7-12-21)19(27)26(2)3)23-13-10-16-14-24-18-9-5-4-8-17(16)18;/h4-5,8-9,14,24H,6-7,10-13,15H2,1-3H3,(H2,22,23,25);1H. The molecule has 6 nitrogen and oxygen atoms in total. The monoisotopic (exact) mass is 497 g/mol. The van der Waals surface area contributed by atoms with Gasteiger partial charge in [0.15, 0.2) is 5.96 Å². The number of para-hydroxylation sites is 1. The van der Waals surface area contributed by atoms with Gasteiger partial charge in [-0.25, -0.2) is 0 Å². The summed E-state index contributed by atoms with van der Waals surface area (Å²) in [7, 11) is 5.46. The van der Waals surface area contributed by atoms with Gasteiger partial charge in [0.1, 0.15) is 0 Å². The molecule has 0 aliphatic heterocycles. The fourth-order valence-electron chi connectivity index (χ4n) is 4.12. The first-order valence-electron chi connectivity index (χ1n) is 9.77. The maximum absolute atomic E-state index is 12.7. The molecular weight excluding hydrogens is 465 g/mol. The fourth-order valence-corrected chi connectivity index (χ4v) is 4.12. The Labute approximate surface area is 184 Å². The van der Waals surface area contributed by atoms with Gasteiger partial charge in [-0.1, -0.05) is 31.0 Å². The molecular formula is C21H32IN5O. The zero-order valence-electron chi connectivity index (χ0n) is 17.0. The number of aromatic nitrogens is 1. The van der Waals surface area contributed by atoms with Crippen molar-refractivity contribution in [3.05, 3.63) is 36.0 Å². The van der Waals surface area contributed by atoms with Gasteiger partial charge in [0, 0.05) is 51.3 Å². The molecule has 0 unspecified atom stereocenters. The van der Waals surface area contributed by atoms with Gasteiger partial charge < -0.3 is 20.5 Å². The Kier molecular flexibility index (Phi) is 8.15. The summed E-state index contributed by atoms with van der Waals surface area (Å²) in [5, 5.41) is 8.04. The number of H-pyrrole nitrogens is 1. The molecule has 2 aromatic rings. The SMILES string of the molecule is CN=C(NCCc1c[nH]c2ccccc12)NCC1(C(=O)N(C)C)CCCC1.I. The summed E-state index contributed by atoms with van der Waals surface area (Å²) in [4.78, 5) is 22.0. The van der Waals surface area contributed by atoms with E-state index in [2.05, 4.69) is 45.0 Å². The summed E-state index contributed by atoms with van der Waals surface area (Å²) in [6, 6.07) is 8.34. The highest BCUT2D eigenvalue weighted by Crippen LogP contribution is 2.38. The highest BCUT2D eigenvalue weighted by Gasteiger charge is 2.42. The molecule has 1 fully saturated rings. The van der Waals surface area contributed by atoms with Crippen molar-refractivity contribution in [2.75, 3.05) is 34.2 Å². The number of nitrogens with one attached hydrogen (secondary N) is 3. The molecule has 0 bridgehead atoms. The van der Waals surface area contributed by atoms with Crippen molar-refractivity contribution in [1.29, 1.82) is 0 Å². The second kappa shape index (κ2) is 10.1. The molecule has 0 spiro atoms. The van der Waals surface area contributed by atoms with Gasteiger partial charge in [-0.15, -0.1) is 24.0 Å². The van der Waals surface area contributed by atoms with Crippen molar-refractivity contribution in [3.8, 4) is 0 Å². The van der Waals surface area contributed by atoms with E-state index in [0.717, 1.165) is 44.6 Å². The van der Waals surface area contributed by atoms with Crippen LogP contribution < -0.4 is 10.6 Å². The summed E-state index contributed by atoms with van der Waals surface area (Å²) < 4.78 is 0. The van der Waals surface area contributed by atoms with Crippen molar-refractivity contribution < 1.29 is 4.79 Å². The van der Waals surface area contributed by atoms with Gasteiger partial charge in [0.2, 0.25) is 5.91 Å². The van der Waals surface area contributed by atoms with Gasteiger partial charge >= 0.3 is 0 Å². The zero-order valence-corrected chi connectivity index (χ0v) is 19.4. The molecule has 3 N–H and O–H groups in total. The van der Waals surface area contributed by atoms with Crippen molar-refractivity contribution in [3.63, 3.8) is 0 Å². The summed E-state index contributed by atoms with van der Waals surface area (Å²) in [6.45, 7) is 1.42. The first-order chi connectivity index (χ1) is 13.1. The second-order valence-electron chi connectivity index (χ2n) is 7.65. The maximum Gasteiger partial charge on any atom is 0.230 e. The zero-order chi connectivity index (χ0) is 19.3. The van der Waals surface area contributed by atoms with Crippen LogP contribution in [0.15, 0.2) is 35.5 Å². The number of halogens is 1. The third kappa shape index (κ3) is 4.98. The van der Waals surface area contributed by atoms with E-state index in [1.165, 1.54) is 16.5 Å². The van der Waals surface area contributed by atoms with Crippen LogP contribution in [0.5, 0.6) is 0 Å². The number of rotatable bonds is 6. The van der Waals surface area contributed by atoms with Gasteiger partial charge in [0.05, 0.1) is 5.41 Å². The van der Waals surface area contributed by atoms with Crippen LogP contribution in [0.4, 0.5) is 0 Å². The first-order valence-corrected chi connectivity index (χ1v) is 9.77. The molecule has 0 radical (unpaired) electrons. The van der Waals surface area contributed by atoms with Crippen LogP contribution in [-0.4, -0.2) is 56.0 Å².